The van der Waals surface area contributed by atoms with Crippen molar-refractivity contribution in [2.24, 2.45) is 5.73 Å². The van der Waals surface area contributed by atoms with E-state index in [0.29, 0.717) is 0 Å². The SMILES string of the molecule is COc1ccc2cc(/C=C/C(=O)O[C@H](C)C(N)=O)ccc2c1. The van der Waals surface area contributed by atoms with Gasteiger partial charge in [0.25, 0.3) is 5.91 Å². The van der Waals surface area contributed by atoms with E-state index in [0.717, 1.165) is 22.1 Å². The Hall–Kier alpha value is -2.82. The molecule has 22 heavy (non-hydrogen) atoms. The maximum absolute atomic E-state index is 11.5. The molecule has 0 aromatic heterocycles. The summed E-state index contributed by atoms with van der Waals surface area (Å²) in [5.74, 6) is -0.498. The average molecular weight is 299 g/mol. The molecule has 2 aromatic carbocycles. The van der Waals surface area contributed by atoms with Crippen LogP contribution in [0.1, 0.15) is 12.5 Å². The molecule has 1 amide bonds. The minimum Gasteiger partial charge on any atom is -0.497 e. The third-order valence-corrected chi connectivity index (χ3v) is 3.18. The summed E-state index contributed by atoms with van der Waals surface area (Å²) >= 11 is 0. The molecule has 0 heterocycles. The van der Waals surface area contributed by atoms with Gasteiger partial charge in [-0.05, 0) is 47.5 Å². The van der Waals surface area contributed by atoms with Crippen LogP contribution in [0, 0.1) is 0 Å². The lowest BCUT2D eigenvalue weighted by molar-refractivity contribution is -0.148. The molecule has 114 valence electrons. The Labute approximate surface area is 128 Å². The molecule has 0 aliphatic rings. The van der Waals surface area contributed by atoms with Crippen molar-refractivity contribution in [3.8, 4) is 5.75 Å². The van der Waals surface area contributed by atoms with Gasteiger partial charge in [0, 0.05) is 6.08 Å². The van der Waals surface area contributed by atoms with Crippen molar-refractivity contribution in [2.75, 3.05) is 7.11 Å². The Bertz CT molecular complexity index is 737. The Morgan fingerprint density at radius 2 is 1.82 bits per heavy atom. The summed E-state index contributed by atoms with van der Waals surface area (Å²) in [4.78, 5) is 22.4. The smallest absolute Gasteiger partial charge is 0.331 e. The van der Waals surface area contributed by atoms with E-state index in [9.17, 15) is 9.59 Å². The lowest BCUT2D eigenvalue weighted by atomic mass is 10.1. The summed E-state index contributed by atoms with van der Waals surface area (Å²) < 4.78 is 10.0. The fraction of sp³-hybridized carbons (Fsp3) is 0.176. The van der Waals surface area contributed by atoms with Crippen LogP contribution in [0.25, 0.3) is 16.8 Å². The summed E-state index contributed by atoms with van der Waals surface area (Å²) in [6, 6.07) is 11.5. The minimum absolute atomic E-state index is 0.610. The lowest BCUT2D eigenvalue weighted by Crippen LogP contribution is -2.29. The van der Waals surface area contributed by atoms with Gasteiger partial charge in [-0.1, -0.05) is 18.2 Å². The van der Waals surface area contributed by atoms with Crippen LogP contribution >= 0.6 is 0 Å². The fourth-order valence-corrected chi connectivity index (χ4v) is 1.91. The molecule has 5 heteroatoms. The largest absolute Gasteiger partial charge is 0.497 e. The van der Waals surface area contributed by atoms with E-state index in [-0.39, 0.29) is 0 Å². The number of primary amides is 1. The maximum atomic E-state index is 11.5. The molecule has 0 bridgehead atoms. The van der Waals surface area contributed by atoms with E-state index >= 15 is 0 Å². The Morgan fingerprint density at radius 1 is 1.14 bits per heavy atom. The summed E-state index contributed by atoms with van der Waals surface area (Å²) in [5, 5.41) is 2.07. The Morgan fingerprint density at radius 3 is 2.50 bits per heavy atom. The van der Waals surface area contributed by atoms with Crippen molar-refractivity contribution in [2.45, 2.75) is 13.0 Å². The molecule has 0 saturated carbocycles. The second kappa shape index (κ2) is 6.76. The van der Waals surface area contributed by atoms with Crippen LogP contribution in [-0.4, -0.2) is 25.1 Å². The number of nitrogens with two attached hydrogens (primary N) is 1. The predicted molar refractivity (Wildman–Crippen MR) is 84.3 cm³/mol. The van der Waals surface area contributed by atoms with Gasteiger partial charge in [0.15, 0.2) is 6.10 Å². The molecule has 0 aliphatic heterocycles. The van der Waals surface area contributed by atoms with E-state index < -0.39 is 18.0 Å². The second-order valence-corrected chi connectivity index (χ2v) is 4.79. The number of carbonyl (C=O) groups excluding carboxylic acids is 2. The van der Waals surface area contributed by atoms with Crippen LogP contribution in [0.2, 0.25) is 0 Å². The third-order valence-electron chi connectivity index (χ3n) is 3.18. The average Bonchev–Trinajstić information content (AvgIpc) is 2.52. The van der Waals surface area contributed by atoms with E-state index in [1.807, 2.05) is 36.4 Å². The van der Waals surface area contributed by atoms with Crippen molar-refractivity contribution in [3.63, 3.8) is 0 Å². The first kappa shape index (κ1) is 15.6. The zero-order valence-corrected chi connectivity index (χ0v) is 12.4. The lowest BCUT2D eigenvalue weighted by Gasteiger charge is -2.06. The summed E-state index contributed by atoms with van der Waals surface area (Å²) in [7, 11) is 1.62. The first-order valence-corrected chi connectivity index (χ1v) is 6.75. The molecular weight excluding hydrogens is 282 g/mol. The minimum atomic E-state index is -0.943. The van der Waals surface area contributed by atoms with Crippen LogP contribution in [0.5, 0.6) is 5.75 Å². The fourth-order valence-electron chi connectivity index (χ4n) is 1.91. The molecule has 0 saturated heterocycles. The molecule has 0 fully saturated rings. The van der Waals surface area contributed by atoms with E-state index in [1.54, 1.807) is 13.2 Å². The van der Waals surface area contributed by atoms with Gasteiger partial charge in [-0.2, -0.15) is 0 Å². The molecule has 2 N–H and O–H groups in total. The van der Waals surface area contributed by atoms with Gasteiger partial charge in [-0.3, -0.25) is 4.79 Å². The second-order valence-electron chi connectivity index (χ2n) is 4.79. The third kappa shape index (κ3) is 3.85. The van der Waals surface area contributed by atoms with Crippen molar-refractivity contribution in [3.05, 3.63) is 48.0 Å². The zero-order valence-electron chi connectivity index (χ0n) is 12.4. The number of hydrogen-bond acceptors (Lipinski definition) is 4. The van der Waals surface area contributed by atoms with Crippen LogP contribution in [0.3, 0.4) is 0 Å². The van der Waals surface area contributed by atoms with Gasteiger partial charge in [-0.15, -0.1) is 0 Å². The normalized spacial score (nSPS) is 12.3. The number of benzene rings is 2. The highest BCUT2D eigenvalue weighted by atomic mass is 16.5. The molecular formula is C17H17NO4. The molecule has 0 radical (unpaired) electrons. The van der Waals surface area contributed by atoms with Gasteiger partial charge in [-0.25, -0.2) is 4.79 Å². The number of amides is 1. The molecule has 5 nitrogen and oxygen atoms in total. The number of hydrogen-bond donors (Lipinski definition) is 1. The number of rotatable bonds is 5. The van der Waals surface area contributed by atoms with Crippen molar-refractivity contribution < 1.29 is 19.1 Å². The van der Waals surface area contributed by atoms with Crippen molar-refractivity contribution >= 4 is 28.7 Å². The van der Waals surface area contributed by atoms with Crippen molar-refractivity contribution in [1.82, 2.24) is 0 Å². The summed E-state index contributed by atoms with van der Waals surface area (Å²) in [6.07, 6.45) is 1.95. The van der Waals surface area contributed by atoms with Crippen LogP contribution in [0.4, 0.5) is 0 Å². The van der Waals surface area contributed by atoms with Gasteiger partial charge in [0.2, 0.25) is 0 Å². The number of carbonyl (C=O) groups is 2. The standard InChI is InChI=1S/C17H17NO4/c1-11(17(18)20)22-16(19)8-4-12-3-5-14-10-15(21-2)7-6-13(14)9-12/h3-11H,1-2H3,(H2,18,20)/b8-4+/t11-/m1/s1. The zero-order chi connectivity index (χ0) is 16.1. The predicted octanol–water partition coefficient (Wildman–Crippen LogP) is 2.28. The van der Waals surface area contributed by atoms with Crippen LogP contribution in [0.15, 0.2) is 42.5 Å². The quantitative estimate of drug-likeness (QED) is 0.678. The van der Waals surface area contributed by atoms with Gasteiger partial charge in [0.05, 0.1) is 7.11 Å². The Kier molecular flexibility index (Phi) is 4.78. The monoisotopic (exact) mass is 299 g/mol. The molecule has 0 spiro atoms. The Balaban J connectivity index is 2.13. The number of methoxy groups -OCH3 is 1. The highest BCUT2D eigenvalue weighted by Crippen LogP contribution is 2.22. The van der Waals surface area contributed by atoms with Gasteiger partial charge in [0.1, 0.15) is 5.75 Å². The van der Waals surface area contributed by atoms with Gasteiger partial charge < -0.3 is 15.2 Å². The molecule has 2 rings (SSSR count). The first-order valence-electron chi connectivity index (χ1n) is 6.75. The first-order chi connectivity index (χ1) is 10.5. The van der Waals surface area contributed by atoms with E-state index in [2.05, 4.69) is 0 Å². The molecule has 0 aliphatic carbocycles. The van der Waals surface area contributed by atoms with Crippen molar-refractivity contribution in [1.29, 1.82) is 0 Å². The topological polar surface area (TPSA) is 78.6 Å². The number of esters is 1. The van der Waals surface area contributed by atoms with Crippen LogP contribution in [-0.2, 0) is 14.3 Å². The maximum Gasteiger partial charge on any atom is 0.331 e. The molecule has 1 atom stereocenters. The highest BCUT2D eigenvalue weighted by molar-refractivity contribution is 5.91. The highest BCUT2D eigenvalue weighted by Gasteiger charge is 2.11. The van der Waals surface area contributed by atoms with Crippen LogP contribution < -0.4 is 10.5 Å². The van der Waals surface area contributed by atoms with E-state index in [4.69, 9.17) is 15.2 Å². The summed E-state index contributed by atoms with van der Waals surface area (Å²) in [5.41, 5.74) is 5.88. The molecule has 0 unspecified atom stereocenters. The van der Waals surface area contributed by atoms with E-state index in [1.165, 1.54) is 13.0 Å². The van der Waals surface area contributed by atoms with Gasteiger partial charge >= 0.3 is 5.97 Å². The molecule has 2 aromatic rings. The number of fused-ring (bicyclic) bond motifs is 1. The summed E-state index contributed by atoms with van der Waals surface area (Å²) in [6.45, 7) is 1.43. The number of ether oxygens (including phenoxy) is 2.